The van der Waals surface area contributed by atoms with Gasteiger partial charge < -0.3 is 14.7 Å². The van der Waals surface area contributed by atoms with Crippen LogP contribution >= 0.6 is 0 Å². The minimum atomic E-state index is -0.153. The first kappa shape index (κ1) is 18.0. The van der Waals surface area contributed by atoms with Crippen molar-refractivity contribution in [2.24, 2.45) is 0 Å². The molecule has 1 aliphatic heterocycles. The first-order valence-corrected chi connectivity index (χ1v) is 8.18. The Morgan fingerprint density at radius 2 is 1.58 bits per heavy atom. The van der Waals surface area contributed by atoms with Crippen LogP contribution in [0.3, 0.4) is 0 Å². The number of amides is 3. The number of nitrogens with zero attached hydrogens (tertiary/aromatic N) is 3. The van der Waals surface area contributed by atoms with Crippen LogP contribution in [0.2, 0.25) is 0 Å². The van der Waals surface area contributed by atoms with Crippen LogP contribution in [0.1, 0.15) is 25.0 Å². The van der Waals surface area contributed by atoms with Gasteiger partial charge in [-0.2, -0.15) is 0 Å². The molecule has 1 saturated heterocycles. The van der Waals surface area contributed by atoms with Gasteiger partial charge in [0, 0.05) is 45.7 Å². The van der Waals surface area contributed by atoms with E-state index in [4.69, 9.17) is 0 Å². The molecule has 0 aliphatic carbocycles. The van der Waals surface area contributed by atoms with E-state index in [2.05, 4.69) is 0 Å². The maximum atomic E-state index is 12.6. The molecule has 0 atom stereocenters. The van der Waals surface area contributed by atoms with Crippen LogP contribution in [0, 0.1) is 13.8 Å². The molecule has 130 valence electrons. The highest BCUT2D eigenvalue weighted by molar-refractivity contribution is 5.98. The van der Waals surface area contributed by atoms with E-state index in [1.54, 1.807) is 9.80 Å². The van der Waals surface area contributed by atoms with E-state index in [-0.39, 0.29) is 24.3 Å². The predicted molar refractivity (Wildman–Crippen MR) is 92.8 cm³/mol. The summed E-state index contributed by atoms with van der Waals surface area (Å²) in [5.74, 6) is -0.212. The lowest BCUT2D eigenvalue weighted by atomic mass is 10.1. The number of piperazine rings is 1. The molecule has 0 spiro atoms. The van der Waals surface area contributed by atoms with Crippen molar-refractivity contribution in [1.82, 2.24) is 9.80 Å². The maximum Gasteiger partial charge on any atom is 0.242 e. The lowest BCUT2D eigenvalue weighted by molar-refractivity contribution is -0.137. The van der Waals surface area contributed by atoms with Crippen molar-refractivity contribution in [3.8, 4) is 0 Å². The van der Waals surface area contributed by atoms with Gasteiger partial charge in [0.1, 0.15) is 6.54 Å². The van der Waals surface area contributed by atoms with Crippen molar-refractivity contribution in [2.45, 2.75) is 27.7 Å². The summed E-state index contributed by atoms with van der Waals surface area (Å²) < 4.78 is 0. The van der Waals surface area contributed by atoms with Crippen LogP contribution in [0.4, 0.5) is 5.69 Å². The summed E-state index contributed by atoms with van der Waals surface area (Å²) in [6.07, 6.45) is 0. The zero-order valence-corrected chi connectivity index (χ0v) is 14.8. The van der Waals surface area contributed by atoms with Crippen LogP contribution in [0.25, 0.3) is 0 Å². The summed E-state index contributed by atoms with van der Waals surface area (Å²) in [5.41, 5.74) is 2.78. The monoisotopic (exact) mass is 331 g/mol. The number of rotatable bonds is 3. The Hall–Kier alpha value is -2.37. The summed E-state index contributed by atoms with van der Waals surface area (Å²) in [4.78, 5) is 41.0. The van der Waals surface area contributed by atoms with Gasteiger partial charge in [-0.1, -0.05) is 12.1 Å². The summed E-state index contributed by atoms with van der Waals surface area (Å²) in [6, 6.07) is 5.87. The Labute approximate surface area is 143 Å². The Balaban J connectivity index is 2.09. The fraction of sp³-hybridized carbons (Fsp3) is 0.500. The molecule has 24 heavy (non-hydrogen) atoms. The fourth-order valence-electron chi connectivity index (χ4n) is 2.88. The van der Waals surface area contributed by atoms with Gasteiger partial charge >= 0.3 is 0 Å². The van der Waals surface area contributed by atoms with Gasteiger partial charge in [-0.3, -0.25) is 14.4 Å². The topological polar surface area (TPSA) is 60.9 Å². The van der Waals surface area contributed by atoms with Crippen LogP contribution in [0.5, 0.6) is 0 Å². The van der Waals surface area contributed by atoms with Crippen LogP contribution < -0.4 is 4.90 Å². The third kappa shape index (κ3) is 4.13. The van der Waals surface area contributed by atoms with E-state index in [9.17, 15) is 14.4 Å². The molecular weight excluding hydrogens is 306 g/mol. The van der Waals surface area contributed by atoms with Gasteiger partial charge in [-0.25, -0.2) is 0 Å². The van der Waals surface area contributed by atoms with Crippen molar-refractivity contribution in [2.75, 3.05) is 37.6 Å². The molecule has 6 heteroatoms. The molecule has 3 amide bonds. The molecule has 1 aromatic rings. The molecule has 1 aromatic carbocycles. The number of carbonyl (C=O) groups is 3. The van der Waals surface area contributed by atoms with Gasteiger partial charge in [0.2, 0.25) is 17.7 Å². The van der Waals surface area contributed by atoms with E-state index in [1.165, 1.54) is 18.7 Å². The van der Waals surface area contributed by atoms with Crippen LogP contribution in [0.15, 0.2) is 18.2 Å². The normalized spacial score (nSPS) is 14.5. The van der Waals surface area contributed by atoms with Gasteiger partial charge in [0.15, 0.2) is 0 Å². The Bertz CT molecular complexity index is 649. The molecule has 1 aliphatic rings. The van der Waals surface area contributed by atoms with E-state index >= 15 is 0 Å². The first-order chi connectivity index (χ1) is 11.3. The van der Waals surface area contributed by atoms with Crippen LogP contribution in [-0.4, -0.2) is 60.2 Å². The molecule has 0 aromatic heterocycles. The zero-order chi connectivity index (χ0) is 17.9. The third-order valence-corrected chi connectivity index (χ3v) is 4.41. The molecule has 1 heterocycles. The lowest BCUT2D eigenvalue weighted by Gasteiger charge is -2.35. The van der Waals surface area contributed by atoms with E-state index in [0.717, 1.165) is 16.8 Å². The van der Waals surface area contributed by atoms with Crippen LogP contribution in [-0.2, 0) is 14.4 Å². The molecular formula is C18H25N3O3. The average Bonchev–Trinajstić information content (AvgIpc) is 2.54. The maximum absolute atomic E-state index is 12.6. The Morgan fingerprint density at radius 3 is 2.12 bits per heavy atom. The minimum Gasteiger partial charge on any atom is -0.339 e. The number of aryl methyl sites for hydroxylation is 2. The van der Waals surface area contributed by atoms with E-state index in [1.807, 2.05) is 32.0 Å². The molecule has 0 N–H and O–H groups in total. The van der Waals surface area contributed by atoms with Crippen molar-refractivity contribution < 1.29 is 14.4 Å². The standard InChI is InChI=1S/C18H25N3O3/c1-13-5-6-14(2)17(11-13)21(16(4)23)12-18(24)20-9-7-19(8-10-20)15(3)22/h5-6,11H,7-10,12H2,1-4H3. The summed E-state index contributed by atoms with van der Waals surface area (Å²) in [6.45, 7) is 9.05. The van der Waals surface area contributed by atoms with E-state index in [0.29, 0.717) is 26.2 Å². The van der Waals surface area contributed by atoms with Gasteiger partial charge in [-0.05, 0) is 31.0 Å². The fourth-order valence-corrected chi connectivity index (χ4v) is 2.88. The smallest absolute Gasteiger partial charge is 0.242 e. The van der Waals surface area contributed by atoms with Crippen molar-refractivity contribution in [1.29, 1.82) is 0 Å². The van der Waals surface area contributed by atoms with Gasteiger partial charge in [-0.15, -0.1) is 0 Å². The quantitative estimate of drug-likeness (QED) is 0.840. The summed E-state index contributed by atoms with van der Waals surface area (Å²) in [7, 11) is 0. The van der Waals surface area contributed by atoms with Crippen molar-refractivity contribution >= 4 is 23.4 Å². The Morgan fingerprint density at radius 1 is 1.00 bits per heavy atom. The molecule has 0 unspecified atom stereocenters. The number of carbonyl (C=O) groups excluding carboxylic acids is 3. The highest BCUT2D eigenvalue weighted by Gasteiger charge is 2.25. The molecule has 2 rings (SSSR count). The van der Waals surface area contributed by atoms with Gasteiger partial charge in [0.05, 0.1) is 0 Å². The SMILES string of the molecule is CC(=O)N1CCN(C(=O)CN(C(C)=O)c2cc(C)ccc2C)CC1. The van der Waals surface area contributed by atoms with Crippen molar-refractivity contribution in [3.05, 3.63) is 29.3 Å². The minimum absolute atomic E-state index is 0.0275. The number of hydrogen-bond acceptors (Lipinski definition) is 3. The third-order valence-electron chi connectivity index (χ3n) is 4.41. The number of hydrogen-bond donors (Lipinski definition) is 0. The highest BCUT2D eigenvalue weighted by atomic mass is 16.2. The molecule has 0 bridgehead atoms. The molecule has 1 fully saturated rings. The second-order valence-corrected chi connectivity index (χ2v) is 6.28. The predicted octanol–water partition coefficient (Wildman–Crippen LogP) is 1.35. The highest BCUT2D eigenvalue weighted by Crippen LogP contribution is 2.22. The average molecular weight is 331 g/mol. The molecule has 6 nitrogen and oxygen atoms in total. The second-order valence-electron chi connectivity index (χ2n) is 6.28. The largest absolute Gasteiger partial charge is 0.339 e. The molecule has 0 radical (unpaired) electrons. The summed E-state index contributed by atoms with van der Waals surface area (Å²) in [5, 5.41) is 0. The summed E-state index contributed by atoms with van der Waals surface area (Å²) >= 11 is 0. The number of anilines is 1. The second kappa shape index (κ2) is 7.47. The first-order valence-electron chi connectivity index (χ1n) is 8.18. The zero-order valence-electron chi connectivity index (χ0n) is 14.8. The number of benzene rings is 1. The molecule has 0 saturated carbocycles. The van der Waals surface area contributed by atoms with Crippen molar-refractivity contribution in [3.63, 3.8) is 0 Å². The Kier molecular flexibility index (Phi) is 5.59. The van der Waals surface area contributed by atoms with E-state index < -0.39 is 0 Å². The van der Waals surface area contributed by atoms with Gasteiger partial charge in [0.25, 0.3) is 0 Å². The lowest BCUT2D eigenvalue weighted by Crippen LogP contribution is -2.52.